The number of anilines is 1. The predicted molar refractivity (Wildman–Crippen MR) is 124 cm³/mol. The van der Waals surface area contributed by atoms with Gasteiger partial charge in [-0.25, -0.2) is 0 Å². The maximum atomic E-state index is 12.7. The molecule has 0 spiro atoms. The third kappa shape index (κ3) is 4.82. The third-order valence-electron chi connectivity index (χ3n) is 4.86. The average molecular weight is 444 g/mol. The van der Waals surface area contributed by atoms with Gasteiger partial charge in [-0.1, -0.05) is 30.3 Å². The van der Waals surface area contributed by atoms with Crippen LogP contribution < -0.4 is 26.5 Å². The van der Waals surface area contributed by atoms with Crippen LogP contribution in [0.1, 0.15) is 15.9 Å². The first-order valence-corrected chi connectivity index (χ1v) is 10.1. The first-order valence-electron chi connectivity index (χ1n) is 10.1. The van der Waals surface area contributed by atoms with E-state index in [1.807, 2.05) is 25.1 Å². The van der Waals surface area contributed by atoms with Crippen molar-refractivity contribution in [3.63, 3.8) is 0 Å². The Bertz CT molecular complexity index is 1470. The largest absolute Gasteiger partial charge is 0.457 e. The van der Waals surface area contributed by atoms with E-state index in [9.17, 15) is 19.2 Å². The Morgan fingerprint density at radius 2 is 1.67 bits per heavy atom. The summed E-state index contributed by atoms with van der Waals surface area (Å²) in [5.74, 6) is -0.127. The summed E-state index contributed by atoms with van der Waals surface area (Å²) in [4.78, 5) is 49.2. The molecular weight excluding hydrogens is 424 g/mol. The minimum Gasteiger partial charge on any atom is -0.457 e. The average Bonchev–Trinajstić information content (AvgIpc) is 2.80. The second-order valence-corrected chi connectivity index (χ2v) is 7.28. The number of rotatable bonds is 6. The van der Waals surface area contributed by atoms with Crippen LogP contribution in [0.2, 0.25) is 0 Å². The van der Waals surface area contributed by atoms with Crippen molar-refractivity contribution in [3.8, 4) is 11.5 Å². The fourth-order valence-corrected chi connectivity index (χ4v) is 3.33. The number of aromatic amines is 2. The van der Waals surface area contributed by atoms with Crippen molar-refractivity contribution >= 4 is 28.3 Å². The first-order chi connectivity index (χ1) is 15.9. The Balaban J connectivity index is 1.47. The van der Waals surface area contributed by atoms with E-state index in [2.05, 4.69) is 20.8 Å². The molecular formula is C24H20N4O5. The number of aromatic nitrogens is 2. The van der Waals surface area contributed by atoms with E-state index in [0.29, 0.717) is 11.5 Å². The summed E-state index contributed by atoms with van der Waals surface area (Å²) in [7, 11) is 0. The van der Waals surface area contributed by atoms with Gasteiger partial charge in [-0.2, -0.15) is 0 Å². The zero-order valence-corrected chi connectivity index (χ0v) is 17.6. The summed E-state index contributed by atoms with van der Waals surface area (Å²) in [5.41, 5.74) is 0.411. The molecule has 0 atom stereocenters. The van der Waals surface area contributed by atoms with Gasteiger partial charge < -0.3 is 15.4 Å². The number of amides is 2. The minimum atomic E-state index is -0.562. The fourth-order valence-electron chi connectivity index (χ4n) is 3.33. The topological polar surface area (TPSA) is 133 Å². The number of H-pyrrole nitrogens is 2. The molecule has 0 bridgehead atoms. The van der Waals surface area contributed by atoms with Crippen LogP contribution >= 0.6 is 0 Å². The lowest BCUT2D eigenvalue weighted by Crippen LogP contribution is -2.33. The maximum absolute atomic E-state index is 12.7. The highest BCUT2D eigenvalue weighted by Gasteiger charge is 2.15. The van der Waals surface area contributed by atoms with Crippen molar-refractivity contribution in [2.45, 2.75) is 6.92 Å². The van der Waals surface area contributed by atoms with Crippen LogP contribution in [-0.4, -0.2) is 28.6 Å². The van der Waals surface area contributed by atoms with Gasteiger partial charge in [0.25, 0.3) is 17.0 Å². The third-order valence-corrected chi connectivity index (χ3v) is 4.86. The molecule has 166 valence electrons. The molecule has 4 rings (SSSR count). The number of hydrogen-bond donors (Lipinski definition) is 4. The highest BCUT2D eigenvalue weighted by Crippen LogP contribution is 2.25. The Morgan fingerprint density at radius 1 is 0.909 bits per heavy atom. The molecule has 0 unspecified atom stereocenters. The fraction of sp³-hybridized carbons (Fsp3) is 0.0833. The van der Waals surface area contributed by atoms with E-state index in [0.717, 1.165) is 5.56 Å². The normalized spacial score (nSPS) is 10.6. The molecule has 0 aliphatic rings. The summed E-state index contributed by atoms with van der Waals surface area (Å²) in [6.45, 7) is 1.58. The van der Waals surface area contributed by atoms with Crippen molar-refractivity contribution in [3.05, 3.63) is 98.6 Å². The Labute approximate surface area is 187 Å². The van der Waals surface area contributed by atoms with E-state index in [4.69, 9.17) is 4.74 Å². The zero-order chi connectivity index (χ0) is 23.4. The summed E-state index contributed by atoms with van der Waals surface area (Å²) >= 11 is 0. The highest BCUT2D eigenvalue weighted by atomic mass is 16.5. The lowest BCUT2D eigenvalue weighted by atomic mass is 10.1. The van der Waals surface area contributed by atoms with Crippen LogP contribution in [0.5, 0.6) is 11.5 Å². The van der Waals surface area contributed by atoms with Crippen molar-refractivity contribution in [2.75, 3.05) is 11.9 Å². The molecule has 33 heavy (non-hydrogen) atoms. The number of carbonyl (C=O) groups excluding carboxylic acids is 2. The van der Waals surface area contributed by atoms with E-state index in [1.54, 1.807) is 36.4 Å². The van der Waals surface area contributed by atoms with Gasteiger partial charge in [0.2, 0.25) is 5.91 Å². The smallest absolute Gasteiger partial charge is 0.272 e. The van der Waals surface area contributed by atoms with Crippen molar-refractivity contribution in [1.29, 1.82) is 0 Å². The molecule has 4 aromatic rings. The molecule has 0 aliphatic heterocycles. The van der Waals surface area contributed by atoms with Crippen LogP contribution in [0.3, 0.4) is 0 Å². The molecule has 0 saturated carbocycles. The summed E-state index contributed by atoms with van der Waals surface area (Å²) < 4.78 is 5.85. The molecule has 9 nitrogen and oxygen atoms in total. The van der Waals surface area contributed by atoms with Gasteiger partial charge in [0.05, 0.1) is 28.6 Å². The Kier molecular flexibility index (Phi) is 6.03. The van der Waals surface area contributed by atoms with Crippen LogP contribution in [-0.2, 0) is 4.79 Å². The lowest BCUT2D eigenvalue weighted by molar-refractivity contribution is -0.115. The number of para-hydroxylation sites is 1. The summed E-state index contributed by atoms with van der Waals surface area (Å²) in [6, 6.07) is 18.6. The van der Waals surface area contributed by atoms with Crippen LogP contribution in [0.25, 0.3) is 10.8 Å². The standard InChI is InChI=1S/C24H20N4O5/c1-14-6-4-7-15(12-14)33-19-11-3-2-8-16(19)22(30)25-13-20(29)26-18-10-5-9-17-21(18)24(32)28-27-23(17)31/h2-12H,13H2,1H3,(H,25,30)(H,26,29)(H,27,31)(H,28,32). The number of ether oxygens (including phenoxy) is 1. The van der Waals surface area contributed by atoms with Gasteiger partial charge in [-0.05, 0) is 48.9 Å². The van der Waals surface area contributed by atoms with Crippen LogP contribution in [0.15, 0.2) is 76.3 Å². The molecule has 9 heteroatoms. The van der Waals surface area contributed by atoms with E-state index >= 15 is 0 Å². The molecule has 1 aromatic heterocycles. The first kappa shape index (κ1) is 21.6. The molecule has 4 N–H and O–H groups in total. The number of hydrogen-bond acceptors (Lipinski definition) is 5. The minimum absolute atomic E-state index is 0.0535. The highest BCUT2D eigenvalue weighted by molar-refractivity contribution is 6.04. The number of aryl methyl sites for hydroxylation is 1. The molecule has 0 radical (unpaired) electrons. The second-order valence-electron chi connectivity index (χ2n) is 7.28. The number of carbonyl (C=O) groups is 2. The zero-order valence-electron chi connectivity index (χ0n) is 17.6. The number of fused-ring (bicyclic) bond motifs is 1. The van der Waals surface area contributed by atoms with Crippen molar-refractivity contribution in [1.82, 2.24) is 15.5 Å². The maximum Gasteiger partial charge on any atom is 0.272 e. The number of nitrogens with one attached hydrogen (secondary N) is 4. The van der Waals surface area contributed by atoms with Crippen molar-refractivity contribution < 1.29 is 14.3 Å². The van der Waals surface area contributed by atoms with Gasteiger partial charge in [0.15, 0.2) is 0 Å². The Hall–Kier alpha value is -4.66. The molecule has 0 saturated heterocycles. The SMILES string of the molecule is Cc1cccc(Oc2ccccc2C(=O)NCC(=O)Nc2cccc3c(=O)[nH][nH]c(=O)c23)c1. The quantitative estimate of drug-likeness (QED) is 0.363. The van der Waals surface area contributed by atoms with Crippen molar-refractivity contribution in [2.24, 2.45) is 0 Å². The van der Waals surface area contributed by atoms with Gasteiger partial charge in [0.1, 0.15) is 11.5 Å². The number of benzene rings is 3. The van der Waals surface area contributed by atoms with Gasteiger partial charge in [-0.3, -0.25) is 29.4 Å². The second kappa shape index (κ2) is 9.23. The molecule has 0 aliphatic carbocycles. The van der Waals surface area contributed by atoms with Gasteiger partial charge in [-0.15, -0.1) is 0 Å². The molecule has 1 heterocycles. The van der Waals surface area contributed by atoms with Crippen LogP contribution in [0, 0.1) is 6.92 Å². The molecule has 0 fully saturated rings. The summed E-state index contributed by atoms with van der Waals surface area (Å²) in [5, 5.41) is 9.77. The van der Waals surface area contributed by atoms with Gasteiger partial charge in [0, 0.05) is 0 Å². The van der Waals surface area contributed by atoms with E-state index < -0.39 is 22.9 Å². The van der Waals surface area contributed by atoms with E-state index in [-0.39, 0.29) is 28.6 Å². The predicted octanol–water partition coefficient (Wildman–Crippen LogP) is 2.69. The lowest BCUT2D eigenvalue weighted by Gasteiger charge is -2.12. The van der Waals surface area contributed by atoms with Crippen LogP contribution in [0.4, 0.5) is 5.69 Å². The molecule has 3 aromatic carbocycles. The van der Waals surface area contributed by atoms with E-state index in [1.165, 1.54) is 12.1 Å². The summed E-state index contributed by atoms with van der Waals surface area (Å²) in [6.07, 6.45) is 0. The van der Waals surface area contributed by atoms with Gasteiger partial charge >= 0.3 is 0 Å². The Morgan fingerprint density at radius 3 is 2.48 bits per heavy atom. The molecule has 2 amide bonds. The monoisotopic (exact) mass is 444 g/mol.